The summed E-state index contributed by atoms with van der Waals surface area (Å²) < 4.78 is 5.26. The highest BCUT2D eigenvalue weighted by Crippen LogP contribution is 2.26. The largest absolute Gasteiger partial charge is 0.478 e. The van der Waals surface area contributed by atoms with E-state index in [4.69, 9.17) is 9.84 Å². The zero-order chi connectivity index (χ0) is 15.7. The number of morpholine rings is 1. The normalized spacial score (nSPS) is 23.1. The summed E-state index contributed by atoms with van der Waals surface area (Å²) in [5.41, 5.74) is 0.360. The first-order valence-corrected chi connectivity index (χ1v) is 7.10. The fourth-order valence-electron chi connectivity index (χ4n) is 2.84. The Morgan fingerprint density at radius 3 is 2.64 bits per heavy atom. The fraction of sp³-hybridized carbons (Fsp3) is 0.400. The van der Waals surface area contributed by atoms with Crippen molar-refractivity contribution in [3.63, 3.8) is 0 Å². The molecule has 0 radical (unpaired) electrons. The van der Waals surface area contributed by atoms with Crippen LogP contribution >= 0.6 is 0 Å². The molecule has 0 spiro atoms. The Balaban J connectivity index is 1.85. The number of carbonyl (C=O) groups is 3. The Morgan fingerprint density at radius 1 is 1.23 bits per heavy atom. The molecule has 116 valence electrons. The van der Waals surface area contributed by atoms with Crippen molar-refractivity contribution in [2.45, 2.75) is 12.5 Å². The maximum absolute atomic E-state index is 12.6. The molecule has 0 aliphatic carbocycles. The number of carboxylic acid groups (broad SMARTS) is 1. The van der Waals surface area contributed by atoms with Crippen LogP contribution in [0.4, 0.5) is 5.69 Å². The van der Waals surface area contributed by atoms with Gasteiger partial charge in [0.15, 0.2) is 0 Å². The van der Waals surface area contributed by atoms with E-state index in [2.05, 4.69) is 0 Å². The van der Waals surface area contributed by atoms with Gasteiger partial charge in [0.1, 0.15) is 0 Å². The zero-order valence-electron chi connectivity index (χ0n) is 11.9. The third-order valence-corrected chi connectivity index (χ3v) is 3.96. The van der Waals surface area contributed by atoms with Crippen LogP contribution in [0.5, 0.6) is 0 Å². The number of amides is 2. The summed E-state index contributed by atoms with van der Waals surface area (Å²) in [6.07, 6.45) is 0.121. The van der Waals surface area contributed by atoms with Gasteiger partial charge in [-0.05, 0) is 18.2 Å². The molecule has 7 heteroatoms. The van der Waals surface area contributed by atoms with Crippen LogP contribution in [0.1, 0.15) is 16.8 Å². The number of benzene rings is 1. The van der Waals surface area contributed by atoms with Gasteiger partial charge in [0.2, 0.25) is 5.91 Å². The van der Waals surface area contributed by atoms with Crippen molar-refractivity contribution >= 4 is 23.5 Å². The number of aromatic carboxylic acids is 1. The smallest absolute Gasteiger partial charge is 0.335 e. The molecule has 1 unspecified atom stereocenters. The molecule has 1 aromatic carbocycles. The van der Waals surface area contributed by atoms with Crippen molar-refractivity contribution in [2.75, 3.05) is 31.2 Å². The highest BCUT2D eigenvalue weighted by Gasteiger charge is 2.43. The van der Waals surface area contributed by atoms with Crippen LogP contribution in [0.25, 0.3) is 0 Å². The van der Waals surface area contributed by atoms with E-state index in [1.807, 2.05) is 4.90 Å². The Labute approximate surface area is 127 Å². The summed E-state index contributed by atoms with van der Waals surface area (Å²) in [6, 6.07) is 5.39. The molecule has 0 bridgehead atoms. The second-order valence-electron chi connectivity index (χ2n) is 5.29. The lowest BCUT2D eigenvalue weighted by molar-refractivity contribution is -0.123. The van der Waals surface area contributed by atoms with E-state index in [1.165, 1.54) is 18.2 Å². The zero-order valence-corrected chi connectivity index (χ0v) is 11.9. The molecule has 2 aliphatic rings. The summed E-state index contributed by atoms with van der Waals surface area (Å²) in [5, 5.41) is 9.03. The fourth-order valence-corrected chi connectivity index (χ4v) is 2.84. The molecule has 7 nitrogen and oxygen atoms in total. The summed E-state index contributed by atoms with van der Waals surface area (Å²) in [7, 11) is 0. The van der Waals surface area contributed by atoms with E-state index in [9.17, 15) is 14.4 Å². The maximum Gasteiger partial charge on any atom is 0.335 e. The van der Waals surface area contributed by atoms with Gasteiger partial charge < -0.3 is 9.84 Å². The molecule has 22 heavy (non-hydrogen) atoms. The van der Waals surface area contributed by atoms with Crippen LogP contribution < -0.4 is 4.90 Å². The van der Waals surface area contributed by atoms with Crippen molar-refractivity contribution in [3.05, 3.63) is 29.8 Å². The van der Waals surface area contributed by atoms with Crippen molar-refractivity contribution in [1.29, 1.82) is 0 Å². The van der Waals surface area contributed by atoms with E-state index in [0.29, 0.717) is 32.0 Å². The topological polar surface area (TPSA) is 87.2 Å². The van der Waals surface area contributed by atoms with Gasteiger partial charge in [-0.15, -0.1) is 0 Å². The molecular weight excluding hydrogens is 288 g/mol. The number of ether oxygens (including phenoxy) is 1. The summed E-state index contributed by atoms with van der Waals surface area (Å²) in [5.74, 6) is -1.69. The van der Waals surface area contributed by atoms with Gasteiger partial charge in [-0.2, -0.15) is 0 Å². The quantitative estimate of drug-likeness (QED) is 0.811. The Kier molecular flexibility index (Phi) is 3.91. The van der Waals surface area contributed by atoms with Crippen LogP contribution in [-0.2, 0) is 14.3 Å². The number of carbonyl (C=O) groups excluding carboxylic acids is 2. The molecule has 2 fully saturated rings. The van der Waals surface area contributed by atoms with Gasteiger partial charge in [-0.1, -0.05) is 6.07 Å². The SMILES string of the molecule is O=C(O)c1cccc(N2C(=O)CC(N3CCOCC3)C2=O)c1. The van der Waals surface area contributed by atoms with Crippen molar-refractivity contribution < 1.29 is 24.2 Å². The minimum atomic E-state index is -1.09. The van der Waals surface area contributed by atoms with E-state index in [-0.39, 0.29) is 23.8 Å². The predicted molar refractivity (Wildman–Crippen MR) is 76.7 cm³/mol. The van der Waals surface area contributed by atoms with Crippen molar-refractivity contribution in [1.82, 2.24) is 4.90 Å². The lowest BCUT2D eigenvalue weighted by Crippen LogP contribution is -2.47. The number of anilines is 1. The standard InChI is InChI=1S/C15H16N2O5/c18-13-9-12(16-4-6-22-7-5-16)14(19)17(13)11-3-1-2-10(8-11)15(20)21/h1-3,8,12H,4-7,9H2,(H,20,21). The molecule has 2 saturated heterocycles. The highest BCUT2D eigenvalue weighted by atomic mass is 16.5. The Morgan fingerprint density at radius 2 is 1.95 bits per heavy atom. The second-order valence-corrected chi connectivity index (χ2v) is 5.29. The van der Waals surface area contributed by atoms with Gasteiger partial charge >= 0.3 is 5.97 Å². The average molecular weight is 304 g/mol. The number of hydrogen-bond acceptors (Lipinski definition) is 5. The first-order chi connectivity index (χ1) is 10.6. The minimum Gasteiger partial charge on any atom is -0.478 e. The lowest BCUT2D eigenvalue weighted by Gasteiger charge is -2.30. The van der Waals surface area contributed by atoms with Gasteiger partial charge in [0.05, 0.1) is 36.9 Å². The molecular formula is C15H16N2O5. The number of rotatable bonds is 3. The first kappa shape index (κ1) is 14.7. The number of hydrogen-bond donors (Lipinski definition) is 1. The highest BCUT2D eigenvalue weighted by molar-refractivity contribution is 6.22. The van der Waals surface area contributed by atoms with E-state index >= 15 is 0 Å². The molecule has 1 N–H and O–H groups in total. The van der Waals surface area contributed by atoms with Gasteiger partial charge in [-0.25, -0.2) is 9.69 Å². The van der Waals surface area contributed by atoms with Crippen LogP contribution in [0.2, 0.25) is 0 Å². The second kappa shape index (κ2) is 5.86. The van der Waals surface area contributed by atoms with E-state index in [1.54, 1.807) is 6.07 Å². The maximum atomic E-state index is 12.6. The first-order valence-electron chi connectivity index (χ1n) is 7.10. The minimum absolute atomic E-state index is 0.0490. The number of carboxylic acids is 1. The Bertz CT molecular complexity index is 624. The van der Waals surface area contributed by atoms with E-state index < -0.39 is 12.0 Å². The number of nitrogens with zero attached hydrogens (tertiary/aromatic N) is 2. The summed E-state index contributed by atoms with van der Waals surface area (Å²) >= 11 is 0. The summed E-state index contributed by atoms with van der Waals surface area (Å²) in [4.78, 5) is 38.9. The monoisotopic (exact) mass is 304 g/mol. The third-order valence-electron chi connectivity index (χ3n) is 3.96. The predicted octanol–water partition coefficient (Wildman–Crippen LogP) is 0.349. The van der Waals surface area contributed by atoms with Crippen LogP contribution in [0.3, 0.4) is 0 Å². The van der Waals surface area contributed by atoms with Gasteiger partial charge in [-0.3, -0.25) is 14.5 Å². The molecule has 0 aromatic heterocycles. The van der Waals surface area contributed by atoms with Crippen molar-refractivity contribution in [3.8, 4) is 0 Å². The van der Waals surface area contributed by atoms with Crippen LogP contribution in [0.15, 0.2) is 24.3 Å². The molecule has 3 rings (SSSR count). The van der Waals surface area contributed by atoms with Crippen LogP contribution in [-0.4, -0.2) is 60.1 Å². The molecule has 2 amide bonds. The molecule has 2 aliphatic heterocycles. The molecule has 1 aromatic rings. The van der Waals surface area contributed by atoms with Crippen LogP contribution in [0, 0.1) is 0 Å². The molecule has 2 heterocycles. The van der Waals surface area contributed by atoms with Gasteiger partial charge in [0, 0.05) is 13.1 Å². The number of imide groups is 1. The average Bonchev–Trinajstić information content (AvgIpc) is 2.83. The van der Waals surface area contributed by atoms with Crippen molar-refractivity contribution in [2.24, 2.45) is 0 Å². The third kappa shape index (κ3) is 2.60. The van der Waals surface area contributed by atoms with Gasteiger partial charge in [0.25, 0.3) is 5.91 Å². The Hall–Kier alpha value is -2.25. The summed E-state index contributed by atoms with van der Waals surface area (Å²) in [6.45, 7) is 2.33. The van der Waals surface area contributed by atoms with E-state index in [0.717, 1.165) is 4.90 Å². The molecule has 0 saturated carbocycles. The lowest BCUT2D eigenvalue weighted by atomic mass is 10.2. The molecule has 1 atom stereocenters.